The third-order valence-corrected chi connectivity index (χ3v) is 4.36. The first-order valence-corrected chi connectivity index (χ1v) is 7.53. The van der Waals surface area contributed by atoms with Crippen molar-refractivity contribution in [1.82, 2.24) is 9.97 Å². The lowest BCUT2D eigenvalue weighted by Crippen LogP contribution is -2.41. The predicted molar refractivity (Wildman–Crippen MR) is 79.5 cm³/mol. The molecule has 0 bridgehead atoms. The fraction of sp³-hybridized carbons (Fsp3) is 0.692. The van der Waals surface area contributed by atoms with Crippen LogP contribution in [0.25, 0.3) is 0 Å². The first-order valence-electron chi connectivity index (χ1n) is 6.74. The molecule has 2 N–H and O–H groups in total. The minimum Gasteiger partial charge on any atom is -0.480 e. The Morgan fingerprint density at radius 1 is 1.53 bits per heavy atom. The fourth-order valence-electron chi connectivity index (χ4n) is 2.85. The summed E-state index contributed by atoms with van der Waals surface area (Å²) in [6.45, 7) is 3.74. The summed E-state index contributed by atoms with van der Waals surface area (Å²) >= 11 is 3.38. The highest BCUT2D eigenvalue weighted by Gasteiger charge is 2.32. The van der Waals surface area contributed by atoms with Crippen LogP contribution < -0.4 is 15.4 Å². The number of rotatable bonds is 5. The molecule has 2 unspecified atom stereocenters. The molecule has 0 saturated heterocycles. The van der Waals surface area contributed by atoms with Gasteiger partial charge in [-0.1, -0.05) is 6.42 Å². The van der Waals surface area contributed by atoms with E-state index in [-0.39, 0.29) is 0 Å². The molecule has 0 aliphatic heterocycles. The van der Waals surface area contributed by atoms with Crippen LogP contribution in [0.1, 0.15) is 26.2 Å². The highest BCUT2D eigenvalue weighted by Crippen LogP contribution is 2.32. The van der Waals surface area contributed by atoms with Crippen molar-refractivity contribution in [1.29, 1.82) is 0 Å². The molecule has 0 aromatic carbocycles. The molecule has 0 amide bonds. The summed E-state index contributed by atoms with van der Waals surface area (Å²) in [6, 6.07) is 0.445. The average Bonchev–Trinajstić information content (AvgIpc) is 2.89. The molecule has 1 fully saturated rings. The number of nitrogens with zero attached hydrogens (tertiary/aromatic N) is 3. The standard InChI is InChI=1S/C13H21BrN4O/c1-3-18(11-6-4-5-9(11)7-15)13-16-8-10(14)12(17-13)19-2/h8-9,11H,3-7,15H2,1-2H3. The zero-order valence-electron chi connectivity index (χ0n) is 11.5. The van der Waals surface area contributed by atoms with Crippen molar-refractivity contribution in [2.75, 3.05) is 25.1 Å². The van der Waals surface area contributed by atoms with Gasteiger partial charge in [0.25, 0.3) is 0 Å². The molecule has 0 radical (unpaired) electrons. The number of halogens is 1. The molecule has 106 valence electrons. The first-order chi connectivity index (χ1) is 9.21. The summed E-state index contributed by atoms with van der Waals surface area (Å²) in [5.41, 5.74) is 5.88. The monoisotopic (exact) mass is 328 g/mol. The second-order valence-electron chi connectivity index (χ2n) is 4.81. The molecule has 1 heterocycles. The smallest absolute Gasteiger partial charge is 0.232 e. The van der Waals surface area contributed by atoms with Gasteiger partial charge >= 0.3 is 0 Å². The molecule has 2 atom stereocenters. The van der Waals surface area contributed by atoms with Gasteiger partial charge in [-0.3, -0.25) is 0 Å². The van der Waals surface area contributed by atoms with E-state index in [0.29, 0.717) is 17.8 Å². The zero-order chi connectivity index (χ0) is 13.8. The Balaban J connectivity index is 2.26. The van der Waals surface area contributed by atoms with Crippen molar-refractivity contribution in [2.45, 2.75) is 32.2 Å². The Morgan fingerprint density at radius 2 is 2.32 bits per heavy atom. The normalized spacial score (nSPS) is 22.5. The number of ether oxygens (including phenoxy) is 1. The Morgan fingerprint density at radius 3 is 2.95 bits per heavy atom. The summed E-state index contributed by atoms with van der Waals surface area (Å²) in [5.74, 6) is 1.84. The van der Waals surface area contributed by atoms with Crippen molar-refractivity contribution in [3.05, 3.63) is 10.7 Å². The van der Waals surface area contributed by atoms with Crippen molar-refractivity contribution >= 4 is 21.9 Å². The summed E-state index contributed by atoms with van der Waals surface area (Å²) in [4.78, 5) is 11.1. The van der Waals surface area contributed by atoms with Crippen LogP contribution in [0.3, 0.4) is 0 Å². The van der Waals surface area contributed by atoms with Gasteiger partial charge in [-0.2, -0.15) is 4.98 Å². The van der Waals surface area contributed by atoms with E-state index in [9.17, 15) is 0 Å². The lowest BCUT2D eigenvalue weighted by Gasteiger charge is -2.32. The number of methoxy groups -OCH3 is 1. The van der Waals surface area contributed by atoms with Gasteiger partial charge < -0.3 is 15.4 Å². The van der Waals surface area contributed by atoms with E-state index in [1.807, 2.05) is 0 Å². The van der Waals surface area contributed by atoms with E-state index in [2.05, 4.69) is 37.7 Å². The van der Waals surface area contributed by atoms with Gasteiger partial charge in [0.1, 0.15) is 0 Å². The fourth-order valence-corrected chi connectivity index (χ4v) is 3.20. The van der Waals surface area contributed by atoms with E-state index in [4.69, 9.17) is 10.5 Å². The third-order valence-electron chi connectivity index (χ3n) is 3.81. The van der Waals surface area contributed by atoms with Gasteiger partial charge in [0, 0.05) is 12.6 Å². The summed E-state index contributed by atoms with van der Waals surface area (Å²) in [5, 5.41) is 0. The topological polar surface area (TPSA) is 64.3 Å². The minimum absolute atomic E-state index is 0.445. The SMILES string of the molecule is CCN(c1ncc(Br)c(OC)n1)C1CCCC1CN. The largest absolute Gasteiger partial charge is 0.480 e. The van der Waals surface area contributed by atoms with E-state index in [1.54, 1.807) is 13.3 Å². The summed E-state index contributed by atoms with van der Waals surface area (Å²) in [7, 11) is 1.62. The molecule has 2 rings (SSSR count). The lowest BCUT2D eigenvalue weighted by molar-refractivity contribution is 0.391. The Kier molecular flexibility index (Phi) is 4.99. The number of nitrogens with two attached hydrogens (primary N) is 1. The van der Waals surface area contributed by atoms with Crippen LogP contribution in [0.4, 0.5) is 5.95 Å². The van der Waals surface area contributed by atoms with Crippen molar-refractivity contribution in [3.63, 3.8) is 0 Å². The van der Waals surface area contributed by atoms with Crippen LogP contribution in [-0.4, -0.2) is 36.2 Å². The van der Waals surface area contributed by atoms with Crippen LogP contribution in [0.5, 0.6) is 5.88 Å². The molecule has 6 heteroatoms. The Hall–Kier alpha value is -0.880. The zero-order valence-corrected chi connectivity index (χ0v) is 13.1. The van der Waals surface area contributed by atoms with Gasteiger partial charge in [-0.25, -0.2) is 4.98 Å². The van der Waals surface area contributed by atoms with E-state index in [1.165, 1.54) is 12.8 Å². The maximum atomic E-state index is 5.88. The third kappa shape index (κ3) is 3.00. The first kappa shape index (κ1) is 14.5. The van der Waals surface area contributed by atoms with Crippen LogP contribution in [0.2, 0.25) is 0 Å². The van der Waals surface area contributed by atoms with E-state index >= 15 is 0 Å². The maximum absolute atomic E-state index is 5.88. The second kappa shape index (κ2) is 6.52. The molecular formula is C13H21BrN4O. The number of hydrogen-bond donors (Lipinski definition) is 1. The molecule has 1 saturated carbocycles. The minimum atomic E-state index is 0.445. The molecule has 0 spiro atoms. The number of anilines is 1. The van der Waals surface area contributed by atoms with Crippen LogP contribution >= 0.6 is 15.9 Å². The van der Waals surface area contributed by atoms with Crippen LogP contribution in [0.15, 0.2) is 10.7 Å². The molecule has 1 aliphatic carbocycles. The van der Waals surface area contributed by atoms with Crippen molar-refractivity contribution in [3.8, 4) is 5.88 Å². The predicted octanol–water partition coefficient (Wildman–Crippen LogP) is 2.20. The maximum Gasteiger partial charge on any atom is 0.232 e. The second-order valence-corrected chi connectivity index (χ2v) is 5.66. The molecule has 19 heavy (non-hydrogen) atoms. The molecular weight excluding hydrogens is 308 g/mol. The average molecular weight is 329 g/mol. The molecule has 1 aromatic rings. The van der Waals surface area contributed by atoms with E-state index in [0.717, 1.165) is 29.9 Å². The van der Waals surface area contributed by atoms with E-state index < -0.39 is 0 Å². The highest BCUT2D eigenvalue weighted by atomic mass is 79.9. The number of hydrogen-bond acceptors (Lipinski definition) is 5. The molecule has 1 aliphatic rings. The Labute approximate surface area is 122 Å². The van der Waals surface area contributed by atoms with Crippen LogP contribution in [-0.2, 0) is 0 Å². The van der Waals surface area contributed by atoms with Gasteiger partial charge in [-0.05, 0) is 48.2 Å². The van der Waals surface area contributed by atoms with Crippen LogP contribution in [0, 0.1) is 5.92 Å². The van der Waals surface area contributed by atoms with Gasteiger partial charge in [-0.15, -0.1) is 0 Å². The molecule has 1 aromatic heterocycles. The Bertz CT molecular complexity index is 429. The number of aromatic nitrogens is 2. The van der Waals surface area contributed by atoms with Crippen molar-refractivity contribution in [2.24, 2.45) is 11.7 Å². The quantitative estimate of drug-likeness (QED) is 0.897. The van der Waals surface area contributed by atoms with Gasteiger partial charge in [0.15, 0.2) is 0 Å². The highest BCUT2D eigenvalue weighted by molar-refractivity contribution is 9.10. The van der Waals surface area contributed by atoms with Gasteiger partial charge in [0.2, 0.25) is 11.8 Å². The summed E-state index contributed by atoms with van der Waals surface area (Å²) in [6.07, 6.45) is 5.34. The lowest BCUT2D eigenvalue weighted by atomic mass is 10.0. The van der Waals surface area contributed by atoms with Gasteiger partial charge in [0.05, 0.1) is 17.8 Å². The molecule has 5 nitrogen and oxygen atoms in total. The van der Waals surface area contributed by atoms with Crippen molar-refractivity contribution < 1.29 is 4.74 Å². The summed E-state index contributed by atoms with van der Waals surface area (Å²) < 4.78 is 6.02.